The summed E-state index contributed by atoms with van der Waals surface area (Å²) in [6.45, 7) is 2.32. The van der Waals surface area contributed by atoms with E-state index in [4.69, 9.17) is 10.5 Å². The van der Waals surface area contributed by atoms with Crippen LogP contribution in [0.3, 0.4) is 0 Å². The zero-order valence-electron chi connectivity index (χ0n) is 9.05. The third kappa shape index (κ3) is 2.35. The van der Waals surface area contributed by atoms with E-state index >= 15 is 0 Å². The quantitative estimate of drug-likeness (QED) is 0.851. The molecule has 4 heteroatoms. The molecule has 2 N–H and O–H groups in total. The number of aryl methyl sites for hydroxylation is 1. The van der Waals surface area contributed by atoms with Crippen molar-refractivity contribution < 1.29 is 4.74 Å². The highest BCUT2D eigenvalue weighted by molar-refractivity contribution is 5.35. The number of benzene rings is 1. The standard InChI is InChI=1S/C12H13N3O/c1-9-6-7-12(15-14-9)16-11-5-3-2-4-10(11)8-13/h2-7H,8,13H2,1H3. The van der Waals surface area contributed by atoms with Crippen LogP contribution in [0, 0.1) is 6.92 Å². The van der Waals surface area contributed by atoms with E-state index < -0.39 is 0 Å². The summed E-state index contributed by atoms with van der Waals surface area (Å²) >= 11 is 0. The topological polar surface area (TPSA) is 61.0 Å². The maximum atomic E-state index is 5.61. The van der Waals surface area contributed by atoms with Gasteiger partial charge in [-0.25, -0.2) is 0 Å². The summed E-state index contributed by atoms with van der Waals surface area (Å²) in [6.07, 6.45) is 0. The Balaban J connectivity index is 2.23. The van der Waals surface area contributed by atoms with Crippen molar-refractivity contribution in [1.29, 1.82) is 0 Å². The molecule has 2 rings (SSSR count). The Bertz CT molecular complexity index is 468. The van der Waals surface area contributed by atoms with E-state index in [1.165, 1.54) is 0 Å². The van der Waals surface area contributed by atoms with Gasteiger partial charge in [-0.15, -0.1) is 5.10 Å². The molecule has 0 aliphatic rings. The fraction of sp³-hybridized carbons (Fsp3) is 0.167. The molecular weight excluding hydrogens is 202 g/mol. The predicted molar refractivity (Wildman–Crippen MR) is 61.2 cm³/mol. The van der Waals surface area contributed by atoms with Crippen LogP contribution in [0.2, 0.25) is 0 Å². The zero-order chi connectivity index (χ0) is 11.4. The number of rotatable bonds is 3. The van der Waals surface area contributed by atoms with Crippen LogP contribution in [0.1, 0.15) is 11.3 Å². The molecule has 0 amide bonds. The lowest BCUT2D eigenvalue weighted by Crippen LogP contribution is -2.00. The van der Waals surface area contributed by atoms with Gasteiger partial charge in [0.25, 0.3) is 0 Å². The van der Waals surface area contributed by atoms with E-state index in [2.05, 4.69) is 10.2 Å². The van der Waals surface area contributed by atoms with Crippen molar-refractivity contribution >= 4 is 0 Å². The fourth-order valence-electron chi connectivity index (χ4n) is 1.33. The van der Waals surface area contributed by atoms with E-state index in [1.807, 2.05) is 37.3 Å². The van der Waals surface area contributed by atoms with Crippen LogP contribution >= 0.6 is 0 Å². The van der Waals surface area contributed by atoms with Crippen LogP contribution in [0.25, 0.3) is 0 Å². The number of ether oxygens (including phenoxy) is 1. The van der Waals surface area contributed by atoms with Crippen LogP contribution in [-0.2, 0) is 6.54 Å². The van der Waals surface area contributed by atoms with Gasteiger partial charge in [0.05, 0.1) is 5.69 Å². The highest BCUT2D eigenvalue weighted by atomic mass is 16.5. The summed E-state index contributed by atoms with van der Waals surface area (Å²) in [7, 11) is 0. The smallest absolute Gasteiger partial charge is 0.238 e. The van der Waals surface area contributed by atoms with Crippen molar-refractivity contribution in [3.8, 4) is 11.6 Å². The highest BCUT2D eigenvalue weighted by Gasteiger charge is 2.03. The molecular formula is C12H13N3O. The summed E-state index contributed by atoms with van der Waals surface area (Å²) in [4.78, 5) is 0. The van der Waals surface area contributed by atoms with Gasteiger partial charge in [0.2, 0.25) is 5.88 Å². The fourth-order valence-corrected chi connectivity index (χ4v) is 1.33. The number of hydrogen-bond donors (Lipinski definition) is 1. The second-order valence-corrected chi connectivity index (χ2v) is 3.43. The number of para-hydroxylation sites is 1. The Hall–Kier alpha value is -1.94. The second-order valence-electron chi connectivity index (χ2n) is 3.43. The lowest BCUT2D eigenvalue weighted by molar-refractivity contribution is 0.449. The van der Waals surface area contributed by atoms with Crippen LogP contribution in [0.4, 0.5) is 0 Å². The first kappa shape index (κ1) is 10.6. The molecule has 82 valence electrons. The molecule has 1 aromatic carbocycles. The zero-order valence-corrected chi connectivity index (χ0v) is 9.05. The average Bonchev–Trinajstić information content (AvgIpc) is 2.33. The molecule has 0 radical (unpaired) electrons. The summed E-state index contributed by atoms with van der Waals surface area (Å²) in [6, 6.07) is 11.3. The van der Waals surface area contributed by atoms with E-state index in [9.17, 15) is 0 Å². The van der Waals surface area contributed by atoms with Gasteiger partial charge >= 0.3 is 0 Å². The number of nitrogens with two attached hydrogens (primary N) is 1. The van der Waals surface area contributed by atoms with E-state index in [0.717, 1.165) is 17.0 Å². The summed E-state index contributed by atoms with van der Waals surface area (Å²) in [5.74, 6) is 1.20. The average molecular weight is 215 g/mol. The van der Waals surface area contributed by atoms with Crippen molar-refractivity contribution in [3.05, 3.63) is 47.7 Å². The van der Waals surface area contributed by atoms with Crippen LogP contribution in [0.5, 0.6) is 11.6 Å². The Morgan fingerprint density at radius 2 is 1.94 bits per heavy atom. The first-order valence-corrected chi connectivity index (χ1v) is 5.06. The molecule has 0 spiro atoms. The molecule has 0 saturated heterocycles. The van der Waals surface area contributed by atoms with Gasteiger partial charge in [-0.1, -0.05) is 18.2 Å². The normalized spacial score (nSPS) is 10.1. The molecule has 4 nitrogen and oxygen atoms in total. The molecule has 0 aliphatic carbocycles. The minimum atomic E-state index is 0.440. The molecule has 2 aromatic rings. The first-order chi connectivity index (χ1) is 7.79. The van der Waals surface area contributed by atoms with Crippen LogP contribution in [0.15, 0.2) is 36.4 Å². The van der Waals surface area contributed by atoms with Gasteiger partial charge in [-0.3, -0.25) is 0 Å². The van der Waals surface area contributed by atoms with E-state index in [1.54, 1.807) is 6.07 Å². The third-order valence-electron chi connectivity index (χ3n) is 2.18. The number of nitrogens with zero attached hydrogens (tertiary/aromatic N) is 2. The summed E-state index contributed by atoms with van der Waals surface area (Å²) in [5.41, 5.74) is 7.42. The van der Waals surface area contributed by atoms with Gasteiger partial charge in [0.1, 0.15) is 5.75 Å². The van der Waals surface area contributed by atoms with Crippen molar-refractivity contribution in [2.24, 2.45) is 5.73 Å². The molecule has 0 fully saturated rings. The van der Waals surface area contributed by atoms with Gasteiger partial charge in [0.15, 0.2) is 0 Å². The van der Waals surface area contributed by atoms with Gasteiger partial charge in [0, 0.05) is 18.2 Å². The van der Waals surface area contributed by atoms with Crippen molar-refractivity contribution in [3.63, 3.8) is 0 Å². The minimum absolute atomic E-state index is 0.440. The molecule has 0 bridgehead atoms. The highest BCUT2D eigenvalue weighted by Crippen LogP contribution is 2.22. The molecule has 1 heterocycles. The summed E-state index contributed by atoms with van der Waals surface area (Å²) < 4.78 is 5.60. The molecule has 0 aliphatic heterocycles. The lowest BCUT2D eigenvalue weighted by Gasteiger charge is -2.08. The Morgan fingerprint density at radius 1 is 1.12 bits per heavy atom. The van der Waals surface area contributed by atoms with Crippen molar-refractivity contribution in [1.82, 2.24) is 10.2 Å². The Kier molecular flexibility index (Phi) is 3.12. The number of aromatic nitrogens is 2. The number of hydrogen-bond acceptors (Lipinski definition) is 4. The van der Waals surface area contributed by atoms with Gasteiger partial charge < -0.3 is 10.5 Å². The van der Waals surface area contributed by atoms with Crippen molar-refractivity contribution in [2.75, 3.05) is 0 Å². The molecule has 0 unspecified atom stereocenters. The van der Waals surface area contributed by atoms with Crippen LogP contribution in [-0.4, -0.2) is 10.2 Å². The predicted octanol–water partition coefficient (Wildman–Crippen LogP) is 2.04. The molecule has 0 atom stereocenters. The lowest BCUT2D eigenvalue weighted by atomic mass is 10.2. The molecule has 1 aromatic heterocycles. The maximum Gasteiger partial charge on any atom is 0.238 e. The Labute approximate surface area is 94.1 Å². The van der Waals surface area contributed by atoms with Gasteiger partial charge in [-0.05, 0) is 19.1 Å². The monoisotopic (exact) mass is 215 g/mol. The minimum Gasteiger partial charge on any atom is -0.437 e. The largest absolute Gasteiger partial charge is 0.437 e. The van der Waals surface area contributed by atoms with E-state index in [0.29, 0.717) is 12.4 Å². The summed E-state index contributed by atoms with van der Waals surface area (Å²) in [5, 5.41) is 7.86. The maximum absolute atomic E-state index is 5.61. The third-order valence-corrected chi connectivity index (χ3v) is 2.18. The molecule has 0 saturated carbocycles. The SMILES string of the molecule is Cc1ccc(Oc2ccccc2CN)nn1. The van der Waals surface area contributed by atoms with E-state index in [-0.39, 0.29) is 0 Å². The Morgan fingerprint density at radius 3 is 2.62 bits per heavy atom. The van der Waals surface area contributed by atoms with Crippen molar-refractivity contribution in [2.45, 2.75) is 13.5 Å². The van der Waals surface area contributed by atoms with Gasteiger partial charge in [-0.2, -0.15) is 5.10 Å². The van der Waals surface area contributed by atoms with Crippen LogP contribution < -0.4 is 10.5 Å². The first-order valence-electron chi connectivity index (χ1n) is 5.06. The molecule has 16 heavy (non-hydrogen) atoms. The second kappa shape index (κ2) is 4.72.